The minimum Gasteiger partial charge on any atom is -0.394 e. The molecule has 0 aromatic heterocycles. The zero-order valence-electron chi connectivity index (χ0n) is 8.88. The number of nitrogens with two attached hydrogens (primary N) is 1. The molecule has 1 unspecified atom stereocenters. The van der Waals surface area contributed by atoms with E-state index in [-0.39, 0.29) is 12.1 Å². The first-order valence-electron chi connectivity index (χ1n) is 5.10. The summed E-state index contributed by atoms with van der Waals surface area (Å²) >= 11 is 1.99. The van der Waals surface area contributed by atoms with E-state index in [1.54, 1.807) is 0 Å². The second-order valence-corrected chi connectivity index (χ2v) is 5.11. The summed E-state index contributed by atoms with van der Waals surface area (Å²) in [5.41, 5.74) is 5.43. The Bertz CT molecular complexity index is 117. The van der Waals surface area contributed by atoms with Gasteiger partial charge in [-0.15, -0.1) is 0 Å². The van der Waals surface area contributed by atoms with Crippen molar-refractivity contribution in [3.8, 4) is 0 Å². The molecule has 0 saturated carbocycles. The molecule has 0 bridgehead atoms. The summed E-state index contributed by atoms with van der Waals surface area (Å²) in [5.74, 6) is 2.43. The van der Waals surface area contributed by atoms with Gasteiger partial charge < -0.3 is 10.8 Å². The third-order valence-corrected chi connectivity index (χ3v) is 3.19. The Morgan fingerprint density at radius 2 is 1.92 bits per heavy atom. The fourth-order valence-corrected chi connectivity index (χ4v) is 2.05. The maximum Gasteiger partial charge on any atom is 0.0608 e. The number of aliphatic hydroxyl groups excluding tert-OH is 1. The van der Waals surface area contributed by atoms with E-state index in [0.29, 0.717) is 0 Å². The highest BCUT2D eigenvalue weighted by Gasteiger charge is 2.15. The van der Waals surface area contributed by atoms with E-state index in [0.717, 1.165) is 12.8 Å². The van der Waals surface area contributed by atoms with E-state index in [2.05, 4.69) is 6.92 Å². The smallest absolute Gasteiger partial charge is 0.0608 e. The largest absolute Gasteiger partial charge is 0.394 e. The molecule has 0 saturated heterocycles. The molecule has 13 heavy (non-hydrogen) atoms. The molecule has 0 aliphatic carbocycles. The van der Waals surface area contributed by atoms with Gasteiger partial charge in [0.25, 0.3) is 0 Å². The summed E-state index contributed by atoms with van der Waals surface area (Å²) in [4.78, 5) is 0. The van der Waals surface area contributed by atoms with Crippen LogP contribution in [0.15, 0.2) is 0 Å². The fourth-order valence-electron chi connectivity index (χ4n) is 1.01. The minimum atomic E-state index is -0.370. The normalized spacial score (nSPS) is 15.7. The number of aliphatic hydroxyl groups is 1. The van der Waals surface area contributed by atoms with Crippen LogP contribution in [0.2, 0.25) is 0 Å². The predicted molar refractivity (Wildman–Crippen MR) is 61.1 cm³/mol. The molecule has 0 fully saturated rings. The van der Waals surface area contributed by atoms with Crippen molar-refractivity contribution in [2.24, 2.45) is 5.73 Å². The molecular formula is C10H23NOS. The highest BCUT2D eigenvalue weighted by atomic mass is 32.2. The minimum absolute atomic E-state index is 0.0899. The second-order valence-electron chi connectivity index (χ2n) is 3.88. The summed E-state index contributed by atoms with van der Waals surface area (Å²) < 4.78 is 0. The molecular weight excluding hydrogens is 182 g/mol. The molecule has 0 aromatic carbocycles. The van der Waals surface area contributed by atoms with Gasteiger partial charge in [-0.25, -0.2) is 0 Å². The van der Waals surface area contributed by atoms with Gasteiger partial charge in [0.1, 0.15) is 0 Å². The molecule has 3 heteroatoms. The Kier molecular flexibility index (Phi) is 7.81. The quantitative estimate of drug-likeness (QED) is 0.596. The van der Waals surface area contributed by atoms with Gasteiger partial charge in [-0.3, -0.25) is 0 Å². The molecule has 0 aliphatic rings. The molecule has 0 aliphatic heterocycles. The van der Waals surface area contributed by atoms with Crippen molar-refractivity contribution in [3.63, 3.8) is 0 Å². The maximum atomic E-state index is 8.90. The van der Waals surface area contributed by atoms with Crippen molar-refractivity contribution >= 4 is 11.8 Å². The molecule has 0 amide bonds. The van der Waals surface area contributed by atoms with E-state index in [1.165, 1.54) is 24.3 Å². The molecule has 0 aromatic rings. The number of thioether (sulfide) groups is 1. The predicted octanol–water partition coefficient (Wildman–Crippen LogP) is 2.01. The summed E-state index contributed by atoms with van der Waals surface area (Å²) in [6.07, 6.45) is 4.62. The number of unbranched alkanes of at least 4 members (excludes halogenated alkanes) is 1. The van der Waals surface area contributed by atoms with Crippen molar-refractivity contribution in [1.29, 1.82) is 0 Å². The molecule has 0 rings (SSSR count). The van der Waals surface area contributed by atoms with Crippen LogP contribution >= 0.6 is 11.8 Å². The van der Waals surface area contributed by atoms with Crippen molar-refractivity contribution < 1.29 is 5.11 Å². The summed E-state index contributed by atoms with van der Waals surface area (Å²) in [7, 11) is 0. The average molecular weight is 205 g/mol. The Hall–Kier alpha value is 0.270. The molecule has 80 valence electrons. The van der Waals surface area contributed by atoms with Crippen LogP contribution in [0.3, 0.4) is 0 Å². The van der Waals surface area contributed by atoms with Crippen LogP contribution in [0.5, 0.6) is 0 Å². The van der Waals surface area contributed by atoms with Crippen LogP contribution in [0.1, 0.15) is 39.5 Å². The SMILES string of the molecule is CCCCSCCCC(C)(N)CO. The van der Waals surface area contributed by atoms with Gasteiger partial charge in [-0.1, -0.05) is 13.3 Å². The molecule has 1 atom stereocenters. The fraction of sp³-hybridized carbons (Fsp3) is 1.00. The highest BCUT2D eigenvalue weighted by Crippen LogP contribution is 2.12. The lowest BCUT2D eigenvalue weighted by Gasteiger charge is -2.20. The molecule has 0 radical (unpaired) electrons. The standard InChI is InChI=1S/C10H23NOS/c1-3-4-7-13-8-5-6-10(2,11)9-12/h12H,3-9,11H2,1-2H3. The van der Waals surface area contributed by atoms with E-state index in [9.17, 15) is 0 Å². The van der Waals surface area contributed by atoms with Crippen LogP contribution in [0, 0.1) is 0 Å². The van der Waals surface area contributed by atoms with Gasteiger partial charge in [-0.05, 0) is 37.7 Å². The zero-order chi connectivity index (χ0) is 10.2. The van der Waals surface area contributed by atoms with Gasteiger partial charge in [0.15, 0.2) is 0 Å². The monoisotopic (exact) mass is 205 g/mol. The molecule has 0 heterocycles. The van der Waals surface area contributed by atoms with Crippen LogP contribution in [-0.4, -0.2) is 28.8 Å². The summed E-state index contributed by atoms with van der Waals surface area (Å²) in [6, 6.07) is 0. The summed E-state index contributed by atoms with van der Waals surface area (Å²) in [6.45, 7) is 4.21. The van der Waals surface area contributed by atoms with Crippen LogP contribution in [-0.2, 0) is 0 Å². The number of hydrogen-bond acceptors (Lipinski definition) is 3. The lowest BCUT2D eigenvalue weighted by Crippen LogP contribution is -2.40. The lowest BCUT2D eigenvalue weighted by atomic mass is 9.99. The summed E-state index contributed by atoms with van der Waals surface area (Å²) in [5, 5.41) is 8.90. The highest BCUT2D eigenvalue weighted by molar-refractivity contribution is 7.99. The second kappa shape index (κ2) is 7.65. The van der Waals surface area contributed by atoms with Gasteiger partial charge in [-0.2, -0.15) is 11.8 Å². The lowest BCUT2D eigenvalue weighted by molar-refractivity contribution is 0.200. The van der Waals surface area contributed by atoms with Crippen molar-refractivity contribution in [2.75, 3.05) is 18.1 Å². The van der Waals surface area contributed by atoms with Crippen molar-refractivity contribution in [2.45, 2.75) is 45.1 Å². The van der Waals surface area contributed by atoms with E-state index in [4.69, 9.17) is 10.8 Å². The van der Waals surface area contributed by atoms with Gasteiger partial charge in [0.05, 0.1) is 6.61 Å². The maximum absolute atomic E-state index is 8.90. The molecule has 0 spiro atoms. The third-order valence-electron chi connectivity index (χ3n) is 2.04. The molecule has 2 nitrogen and oxygen atoms in total. The van der Waals surface area contributed by atoms with E-state index in [1.807, 2.05) is 18.7 Å². The van der Waals surface area contributed by atoms with Crippen LogP contribution in [0.25, 0.3) is 0 Å². The average Bonchev–Trinajstić information content (AvgIpc) is 2.11. The topological polar surface area (TPSA) is 46.2 Å². The zero-order valence-corrected chi connectivity index (χ0v) is 9.70. The van der Waals surface area contributed by atoms with E-state index >= 15 is 0 Å². The van der Waals surface area contributed by atoms with Crippen molar-refractivity contribution in [3.05, 3.63) is 0 Å². The first kappa shape index (κ1) is 13.3. The van der Waals surface area contributed by atoms with Crippen LogP contribution < -0.4 is 5.73 Å². The Balaban J connectivity index is 3.16. The van der Waals surface area contributed by atoms with Crippen molar-refractivity contribution in [1.82, 2.24) is 0 Å². The Labute approximate surface area is 86.3 Å². The Morgan fingerprint density at radius 1 is 1.31 bits per heavy atom. The van der Waals surface area contributed by atoms with Gasteiger partial charge >= 0.3 is 0 Å². The first-order chi connectivity index (χ1) is 6.12. The van der Waals surface area contributed by atoms with E-state index < -0.39 is 0 Å². The first-order valence-corrected chi connectivity index (χ1v) is 6.25. The third kappa shape index (κ3) is 8.60. The van der Waals surface area contributed by atoms with Gasteiger partial charge in [0, 0.05) is 5.54 Å². The number of rotatable bonds is 8. The van der Waals surface area contributed by atoms with Gasteiger partial charge in [0.2, 0.25) is 0 Å². The molecule has 3 N–H and O–H groups in total. The van der Waals surface area contributed by atoms with Crippen LogP contribution in [0.4, 0.5) is 0 Å². The Morgan fingerprint density at radius 3 is 2.46 bits per heavy atom. The number of hydrogen-bond donors (Lipinski definition) is 2.